The van der Waals surface area contributed by atoms with E-state index in [1.807, 2.05) is 26.8 Å². The Bertz CT molecular complexity index is 516. The summed E-state index contributed by atoms with van der Waals surface area (Å²) in [4.78, 5) is 0.271. The normalized spacial score (nSPS) is 15.3. The van der Waals surface area contributed by atoms with E-state index in [0.29, 0.717) is 12.1 Å². The summed E-state index contributed by atoms with van der Waals surface area (Å²) in [5.41, 5.74) is 0.682. The highest BCUT2D eigenvalue weighted by Crippen LogP contribution is 2.32. The number of hydrogen-bond acceptors (Lipinski definition) is 3. The summed E-state index contributed by atoms with van der Waals surface area (Å²) in [7, 11) is -3.53. The molecule has 0 fully saturated rings. The minimum absolute atomic E-state index is 0.150. The second-order valence-electron chi connectivity index (χ2n) is 5.45. The van der Waals surface area contributed by atoms with Crippen molar-refractivity contribution in [3.05, 3.63) is 29.8 Å². The molecule has 0 aromatic heterocycles. The van der Waals surface area contributed by atoms with Gasteiger partial charge in [0.2, 0.25) is 10.0 Å². The lowest BCUT2D eigenvalue weighted by Gasteiger charge is -2.26. The van der Waals surface area contributed by atoms with E-state index in [0.717, 1.165) is 6.42 Å². The number of aliphatic hydroxyl groups excluding tert-OH is 1. The smallest absolute Gasteiger partial charge is 0.240 e. The van der Waals surface area contributed by atoms with Gasteiger partial charge in [0.1, 0.15) is 0 Å². The first-order valence-electron chi connectivity index (χ1n) is 7.08. The molecule has 2 unspecified atom stereocenters. The zero-order valence-corrected chi connectivity index (χ0v) is 13.4. The van der Waals surface area contributed by atoms with E-state index < -0.39 is 16.1 Å². The molecule has 1 rings (SSSR count). The monoisotopic (exact) mass is 299 g/mol. The highest BCUT2D eigenvalue weighted by atomic mass is 32.2. The van der Waals surface area contributed by atoms with Crippen molar-refractivity contribution in [1.29, 1.82) is 0 Å². The van der Waals surface area contributed by atoms with Crippen molar-refractivity contribution < 1.29 is 13.5 Å². The van der Waals surface area contributed by atoms with Gasteiger partial charge in [-0.2, -0.15) is 0 Å². The maximum atomic E-state index is 12.4. The third-order valence-corrected chi connectivity index (χ3v) is 4.88. The molecule has 0 saturated carbocycles. The van der Waals surface area contributed by atoms with E-state index >= 15 is 0 Å². The summed E-state index contributed by atoms with van der Waals surface area (Å²) < 4.78 is 27.3. The predicted molar refractivity (Wildman–Crippen MR) is 81.2 cm³/mol. The van der Waals surface area contributed by atoms with Crippen molar-refractivity contribution in [2.75, 3.05) is 6.54 Å². The molecule has 0 aliphatic rings. The van der Waals surface area contributed by atoms with Gasteiger partial charge in [-0.05, 0) is 30.9 Å². The summed E-state index contributed by atoms with van der Waals surface area (Å²) in [6.07, 6.45) is 0.142. The molecular formula is C15H25NO3S. The average molecular weight is 299 g/mol. The van der Waals surface area contributed by atoms with Gasteiger partial charge in [0, 0.05) is 12.5 Å². The Morgan fingerprint density at radius 2 is 1.80 bits per heavy atom. The molecule has 2 atom stereocenters. The van der Waals surface area contributed by atoms with Crippen molar-refractivity contribution in [3.8, 4) is 0 Å². The number of hydrogen-bond donors (Lipinski definition) is 2. The number of sulfonamides is 1. The van der Waals surface area contributed by atoms with Gasteiger partial charge in [-0.3, -0.25) is 0 Å². The molecule has 1 aromatic carbocycles. The van der Waals surface area contributed by atoms with Gasteiger partial charge in [0.15, 0.2) is 0 Å². The second-order valence-corrected chi connectivity index (χ2v) is 7.18. The lowest BCUT2D eigenvalue weighted by atomic mass is 9.84. The molecule has 5 heteroatoms. The fourth-order valence-corrected chi connectivity index (χ4v) is 3.89. The molecule has 0 saturated heterocycles. The van der Waals surface area contributed by atoms with E-state index in [4.69, 9.17) is 0 Å². The topological polar surface area (TPSA) is 66.4 Å². The van der Waals surface area contributed by atoms with Crippen molar-refractivity contribution in [3.63, 3.8) is 0 Å². The molecule has 0 aliphatic heterocycles. The summed E-state index contributed by atoms with van der Waals surface area (Å²) in [6, 6.07) is 6.92. The summed E-state index contributed by atoms with van der Waals surface area (Å²) in [6.45, 7) is 8.01. The standard InChI is InChI=1S/C15H25NO3S/c1-5-10-16-20(18,19)14-9-7-6-8-13(14)15(11(2)3)12(4)17/h6-9,11-12,15-17H,5,10H2,1-4H3. The minimum Gasteiger partial charge on any atom is -0.393 e. The Morgan fingerprint density at radius 3 is 2.30 bits per heavy atom. The van der Waals surface area contributed by atoms with Crippen molar-refractivity contribution in [2.24, 2.45) is 5.92 Å². The fourth-order valence-electron chi connectivity index (χ4n) is 2.49. The number of rotatable bonds is 7. The summed E-state index contributed by atoms with van der Waals surface area (Å²) in [5.74, 6) is -0.0538. The first-order valence-corrected chi connectivity index (χ1v) is 8.56. The minimum atomic E-state index is -3.53. The fraction of sp³-hybridized carbons (Fsp3) is 0.600. The Morgan fingerprint density at radius 1 is 1.20 bits per heavy atom. The molecule has 114 valence electrons. The third-order valence-electron chi connectivity index (χ3n) is 3.35. The Labute approximate surface area is 122 Å². The number of nitrogens with one attached hydrogen (secondary N) is 1. The summed E-state index contributed by atoms with van der Waals surface area (Å²) in [5, 5.41) is 9.99. The van der Waals surface area contributed by atoms with Gasteiger partial charge < -0.3 is 5.11 Å². The Balaban J connectivity index is 3.29. The van der Waals surface area contributed by atoms with Gasteiger partial charge in [0.05, 0.1) is 11.0 Å². The van der Waals surface area contributed by atoms with Crippen LogP contribution in [0.25, 0.3) is 0 Å². The molecule has 20 heavy (non-hydrogen) atoms. The van der Waals surface area contributed by atoms with E-state index in [1.165, 1.54) is 0 Å². The van der Waals surface area contributed by atoms with E-state index in [-0.39, 0.29) is 16.7 Å². The van der Waals surface area contributed by atoms with Crippen LogP contribution in [0.2, 0.25) is 0 Å². The SMILES string of the molecule is CCCNS(=O)(=O)c1ccccc1C(C(C)C)C(C)O. The molecule has 0 aliphatic carbocycles. The number of aliphatic hydroxyl groups is 1. The molecule has 0 heterocycles. The molecule has 4 nitrogen and oxygen atoms in total. The quantitative estimate of drug-likeness (QED) is 0.813. The first kappa shape index (κ1) is 17.1. The number of benzene rings is 1. The van der Waals surface area contributed by atoms with Crippen LogP contribution in [-0.4, -0.2) is 26.2 Å². The van der Waals surface area contributed by atoms with Crippen LogP contribution >= 0.6 is 0 Å². The second kappa shape index (κ2) is 7.20. The lowest BCUT2D eigenvalue weighted by molar-refractivity contribution is 0.139. The van der Waals surface area contributed by atoms with Crippen molar-refractivity contribution in [1.82, 2.24) is 4.72 Å². The largest absolute Gasteiger partial charge is 0.393 e. The third kappa shape index (κ3) is 4.04. The van der Waals surface area contributed by atoms with Crippen LogP contribution in [-0.2, 0) is 10.0 Å². The van der Waals surface area contributed by atoms with Gasteiger partial charge in [-0.25, -0.2) is 13.1 Å². The molecule has 2 N–H and O–H groups in total. The maximum Gasteiger partial charge on any atom is 0.240 e. The van der Waals surface area contributed by atoms with Crippen LogP contribution in [0.3, 0.4) is 0 Å². The molecule has 0 bridgehead atoms. The molecule has 0 amide bonds. The molecule has 1 aromatic rings. The zero-order valence-electron chi connectivity index (χ0n) is 12.6. The van der Waals surface area contributed by atoms with Crippen molar-refractivity contribution in [2.45, 2.75) is 51.0 Å². The van der Waals surface area contributed by atoms with Gasteiger partial charge in [-0.15, -0.1) is 0 Å². The van der Waals surface area contributed by atoms with Crippen molar-refractivity contribution >= 4 is 10.0 Å². The van der Waals surface area contributed by atoms with E-state index in [2.05, 4.69) is 4.72 Å². The van der Waals surface area contributed by atoms with Crippen LogP contribution in [0, 0.1) is 5.92 Å². The molecule has 0 spiro atoms. The first-order chi connectivity index (χ1) is 9.31. The van der Waals surface area contributed by atoms with Crippen LogP contribution in [0.1, 0.15) is 45.6 Å². The van der Waals surface area contributed by atoms with Gasteiger partial charge in [-0.1, -0.05) is 39.0 Å². The maximum absolute atomic E-state index is 12.4. The average Bonchev–Trinajstić information content (AvgIpc) is 2.36. The summed E-state index contributed by atoms with van der Waals surface area (Å²) >= 11 is 0. The van der Waals surface area contributed by atoms with Crippen LogP contribution in [0.4, 0.5) is 0 Å². The highest BCUT2D eigenvalue weighted by molar-refractivity contribution is 7.89. The molecular weight excluding hydrogens is 274 g/mol. The van der Waals surface area contributed by atoms with Crippen LogP contribution < -0.4 is 4.72 Å². The van der Waals surface area contributed by atoms with Gasteiger partial charge in [0.25, 0.3) is 0 Å². The van der Waals surface area contributed by atoms with Crippen LogP contribution in [0.15, 0.2) is 29.2 Å². The van der Waals surface area contributed by atoms with E-state index in [9.17, 15) is 13.5 Å². The zero-order chi connectivity index (χ0) is 15.3. The Kier molecular flexibility index (Phi) is 6.17. The predicted octanol–water partition coefficient (Wildman–Crippen LogP) is 2.50. The molecule has 0 radical (unpaired) electrons. The van der Waals surface area contributed by atoms with Gasteiger partial charge >= 0.3 is 0 Å². The highest BCUT2D eigenvalue weighted by Gasteiger charge is 2.27. The lowest BCUT2D eigenvalue weighted by Crippen LogP contribution is -2.28. The van der Waals surface area contributed by atoms with E-state index in [1.54, 1.807) is 25.1 Å². The Hall–Kier alpha value is -0.910. The van der Waals surface area contributed by atoms with Crippen LogP contribution in [0.5, 0.6) is 0 Å².